The summed E-state index contributed by atoms with van der Waals surface area (Å²) in [6.45, 7) is 2.58. The van der Waals surface area contributed by atoms with Crippen molar-refractivity contribution >= 4 is 28.8 Å². The lowest BCUT2D eigenvalue weighted by molar-refractivity contribution is 0.0917. The number of carbonyl (C=O) groups is 2. The Morgan fingerprint density at radius 2 is 1.88 bits per heavy atom. The van der Waals surface area contributed by atoms with E-state index in [4.69, 9.17) is 0 Å². The first-order valence-electron chi connectivity index (χ1n) is 11.3. The Hall–Kier alpha value is -3.72. The number of hydrogen-bond acceptors (Lipinski definition) is 6. The number of nitrogens with one attached hydrogen (secondary N) is 1. The van der Waals surface area contributed by atoms with Crippen LogP contribution in [0, 0.1) is 5.82 Å². The predicted octanol–water partition coefficient (Wildman–Crippen LogP) is 2.50. The van der Waals surface area contributed by atoms with E-state index >= 15 is 0 Å². The van der Waals surface area contributed by atoms with Gasteiger partial charge in [-0.15, -0.1) is 0 Å². The predicted molar refractivity (Wildman–Crippen MR) is 126 cm³/mol. The number of piperazine rings is 1. The Labute approximate surface area is 195 Å². The van der Waals surface area contributed by atoms with Gasteiger partial charge in [0, 0.05) is 55.4 Å². The number of hydrogen-bond donors (Lipinski definition) is 2. The summed E-state index contributed by atoms with van der Waals surface area (Å²) in [6.07, 6.45) is 4.54. The smallest absolute Gasteiger partial charge is 0.256 e. The van der Waals surface area contributed by atoms with Crippen molar-refractivity contribution in [2.24, 2.45) is 0 Å². The van der Waals surface area contributed by atoms with E-state index in [0.29, 0.717) is 55.1 Å². The van der Waals surface area contributed by atoms with E-state index in [1.54, 1.807) is 12.3 Å². The van der Waals surface area contributed by atoms with Crippen molar-refractivity contribution in [3.63, 3.8) is 0 Å². The molecular formula is C25H25FN4O4. The van der Waals surface area contributed by atoms with Gasteiger partial charge in [-0.25, -0.2) is 4.39 Å². The maximum Gasteiger partial charge on any atom is 0.256 e. The van der Waals surface area contributed by atoms with Gasteiger partial charge in [-0.2, -0.15) is 0 Å². The summed E-state index contributed by atoms with van der Waals surface area (Å²) < 4.78 is 17.0. The van der Waals surface area contributed by atoms with Crippen molar-refractivity contribution in [1.29, 1.82) is 0 Å². The van der Waals surface area contributed by atoms with Gasteiger partial charge in [0.1, 0.15) is 17.9 Å². The van der Waals surface area contributed by atoms with Gasteiger partial charge in [0.15, 0.2) is 5.43 Å². The molecule has 2 aliphatic rings. The van der Waals surface area contributed by atoms with E-state index in [0.717, 1.165) is 18.4 Å². The van der Waals surface area contributed by atoms with Crippen LogP contribution >= 0.6 is 0 Å². The van der Waals surface area contributed by atoms with E-state index in [9.17, 15) is 23.9 Å². The number of aromatic hydroxyl groups is 1. The Balaban J connectivity index is 1.25. The Bertz CT molecular complexity index is 1330. The molecular weight excluding hydrogens is 439 g/mol. The van der Waals surface area contributed by atoms with E-state index in [-0.39, 0.29) is 23.4 Å². The van der Waals surface area contributed by atoms with Gasteiger partial charge >= 0.3 is 0 Å². The van der Waals surface area contributed by atoms with Crippen molar-refractivity contribution in [3.05, 3.63) is 69.8 Å². The molecule has 0 bridgehead atoms. The average Bonchev–Trinajstić information content (AvgIpc) is 3.69. The summed E-state index contributed by atoms with van der Waals surface area (Å²) in [5, 5.41) is 13.1. The fraction of sp³-hybridized carbons (Fsp3) is 0.320. The molecule has 0 spiro atoms. The maximum atomic E-state index is 15.0. The minimum Gasteiger partial charge on any atom is -0.507 e. The highest BCUT2D eigenvalue weighted by atomic mass is 19.1. The zero-order valence-electron chi connectivity index (χ0n) is 18.5. The average molecular weight is 464 g/mol. The first kappa shape index (κ1) is 22.1. The van der Waals surface area contributed by atoms with Crippen molar-refractivity contribution < 1.29 is 19.1 Å². The van der Waals surface area contributed by atoms with Gasteiger partial charge < -0.3 is 19.9 Å². The molecule has 0 radical (unpaired) electrons. The summed E-state index contributed by atoms with van der Waals surface area (Å²) in [5.41, 5.74) is 1.41. The third-order valence-corrected chi connectivity index (χ3v) is 6.51. The Morgan fingerprint density at radius 1 is 1.12 bits per heavy atom. The van der Waals surface area contributed by atoms with Crippen LogP contribution in [0.15, 0.2) is 47.4 Å². The molecule has 2 fully saturated rings. The van der Waals surface area contributed by atoms with E-state index < -0.39 is 11.7 Å². The highest BCUT2D eigenvalue weighted by Gasteiger charge is 2.26. The standard InChI is InChI=1S/C25H25FN4O4/c26-20-12-18-21(30(17-2-3-17)6-5-24(18)33)13-22(20)29-9-7-28(8-10-29)15-27-25(34)19-11-16(14-31)1-4-23(19)32/h1,4-6,11-14,17,32H,2-3,7-10,15H2,(H,27,34). The van der Waals surface area contributed by atoms with Crippen LogP contribution in [0.1, 0.15) is 39.6 Å². The number of carbonyl (C=O) groups excluding carboxylic acids is 2. The van der Waals surface area contributed by atoms with E-state index in [1.807, 2.05) is 9.80 Å². The number of halogens is 1. The van der Waals surface area contributed by atoms with Crippen LogP contribution in [0.2, 0.25) is 0 Å². The van der Waals surface area contributed by atoms with Gasteiger partial charge in [0.2, 0.25) is 0 Å². The molecule has 3 aromatic rings. The number of pyridine rings is 1. The van der Waals surface area contributed by atoms with E-state index in [2.05, 4.69) is 9.88 Å². The number of aldehydes is 1. The van der Waals surface area contributed by atoms with Gasteiger partial charge in [-0.3, -0.25) is 19.3 Å². The van der Waals surface area contributed by atoms with Crippen molar-refractivity contribution in [1.82, 2.24) is 14.8 Å². The molecule has 0 atom stereocenters. The molecule has 176 valence electrons. The number of fused-ring (bicyclic) bond motifs is 1. The Kier molecular flexibility index (Phi) is 5.79. The van der Waals surface area contributed by atoms with Crippen LogP contribution in [-0.2, 0) is 0 Å². The zero-order chi connectivity index (χ0) is 23.8. The molecule has 9 heteroatoms. The normalized spacial score (nSPS) is 16.6. The summed E-state index contributed by atoms with van der Waals surface area (Å²) >= 11 is 0. The molecule has 1 saturated heterocycles. The minimum absolute atomic E-state index is 0.0446. The maximum absolute atomic E-state index is 15.0. The molecule has 34 heavy (non-hydrogen) atoms. The largest absolute Gasteiger partial charge is 0.507 e. The second kappa shape index (κ2) is 8.90. The van der Waals surface area contributed by atoms with Gasteiger partial charge in [-0.05, 0) is 43.2 Å². The van der Waals surface area contributed by atoms with Crippen LogP contribution in [-0.4, -0.2) is 59.6 Å². The highest BCUT2D eigenvalue weighted by Crippen LogP contribution is 2.37. The van der Waals surface area contributed by atoms with Crippen LogP contribution in [0.5, 0.6) is 5.75 Å². The van der Waals surface area contributed by atoms with Crippen LogP contribution in [0.4, 0.5) is 10.1 Å². The number of rotatable bonds is 6. The minimum atomic E-state index is -0.470. The van der Waals surface area contributed by atoms with Crippen molar-refractivity contribution in [2.75, 3.05) is 37.7 Å². The highest BCUT2D eigenvalue weighted by molar-refractivity contribution is 5.98. The monoisotopic (exact) mass is 464 g/mol. The molecule has 2 heterocycles. The molecule has 1 aliphatic heterocycles. The number of phenolic OH excluding ortho intramolecular Hbond substituents is 1. The van der Waals surface area contributed by atoms with Crippen molar-refractivity contribution in [2.45, 2.75) is 18.9 Å². The number of anilines is 1. The molecule has 1 saturated carbocycles. The lowest BCUT2D eigenvalue weighted by Gasteiger charge is -2.36. The molecule has 2 aromatic carbocycles. The summed E-state index contributed by atoms with van der Waals surface area (Å²) in [4.78, 5) is 39.6. The summed E-state index contributed by atoms with van der Waals surface area (Å²) in [6, 6.07) is 9.10. The summed E-state index contributed by atoms with van der Waals surface area (Å²) in [7, 11) is 0. The first-order chi connectivity index (χ1) is 16.4. The fourth-order valence-corrected chi connectivity index (χ4v) is 4.43. The van der Waals surface area contributed by atoms with Gasteiger partial charge in [0.25, 0.3) is 5.91 Å². The van der Waals surface area contributed by atoms with Gasteiger partial charge in [0.05, 0.1) is 23.4 Å². The molecule has 5 rings (SSSR count). The quantitative estimate of drug-likeness (QED) is 0.545. The molecule has 1 aromatic heterocycles. The molecule has 0 unspecified atom stereocenters. The second-order valence-corrected chi connectivity index (χ2v) is 8.80. The second-order valence-electron chi connectivity index (χ2n) is 8.80. The number of nitrogens with zero attached hydrogens (tertiary/aromatic N) is 3. The lowest BCUT2D eigenvalue weighted by atomic mass is 10.1. The Morgan fingerprint density at radius 3 is 2.59 bits per heavy atom. The third kappa shape index (κ3) is 4.26. The zero-order valence-corrected chi connectivity index (χ0v) is 18.5. The SMILES string of the molecule is O=Cc1ccc(O)c(C(=O)NCN2CCN(c3cc4c(cc3F)c(=O)ccn4C3CC3)CC2)c1. The topological polar surface area (TPSA) is 94.9 Å². The molecule has 1 amide bonds. The van der Waals surface area contributed by atoms with Crippen LogP contribution in [0.25, 0.3) is 10.9 Å². The molecule has 8 nitrogen and oxygen atoms in total. The molecule has 2 N–H and O–H groups in total. The number of phenols is 1. The first-order valence-corrected chi connectivity index (χ1v) is 11.3. The molecule has 1 aliphatic carbocycles. The lowest BCUT2D eigenvalue weighted by Crippen LogP contribution is -2.50. The van der Waals surface area contributed by atoms with Crippen molar-refractivity contribution in [3.8, 4) is 5.75 Å². The van der Waals surface area contributed by atoms with Gasteiger partial charge in [-0.1, -0.05) is 0 Å². The number of amides is 1. The summed E-state index contributed by atoms with van der Waals surface area (Å²) in [5.74, 6) is -1.07. The third-order valence-electron chi connectivity index (χ3n) is 6.51. The van der Waals surface area contributed by atoms with Crippen LogP contribution in [0.3, 0.4) is 0 Å². The number of aromatic nitrogens is 1. The van der Waals surface area contributed by atoms with Crippen LogP contribution < -0.4 is 15.6 Å². The fourth-order valence-electron chi connectivity index (χ4n) is 4.43. The van der Waals surface area contributed by atoms with E-state index in [1.165, 1.54) is 30.3 Å². The number of benzene rings is 2.